The van der Waals surface area contributed by atoms with Crippen LogP contribution in [0.3, 0.4) is 0 Å². The lowest BCUT2D eigenvalue weighted by molar-refractivity contribution is 0.248. The lowest BCUT2D eigenvalue weighted by Gasteiger charge is -2.19. The van der Waals surface area contributed by atoms with Crippen molar-refractivity contribution >= 4 is 22.5 Å². The standard InChI is InChI=1S/C31H29NO3.O2S/c1-21(31-17-24-8-5-6-13-30(24)32(31)28-11-3-2-4-12-28)22-9-7-10-23(14-22)25-15-26(18-33)29(20-35)27(16-25)19-34;1-3-2/h2-17,21,33-35H,18-20H2,1H3;. The van der Waals surface area contributed by atoms with Crippen LogP contribution in [0.2, 0.25) is 0 Å². The zero-order valence-electron chi connectivity index (χ0n) is 20.9. The third-order valence-corrected chi connectivity index (χ3v) is 6.85. The van der Waals surface area contributed by atoms with Crippen molar-refractivity contribution in [2.24, 2.45) is 0 Å². The molecule has 1 heterocycles. The molecule has 38 heavy (non-hydrogen) atoms. The number of para-hydroxylation sites is 2. The van der Waals surface area contributed by atoms with Crippen molar-refractivity contribution in [3.05, 3.63) is 125 Å². The number of hydrogen-bond donors (Lipinski definition) is 3. The van der Waals surface area contributed by atoms with Gasteiger partial charge in [-0.15, -0.1) is 0 Å². The number of rotatable bonds is 7. The van der Waals surface area contributed by atoms with Crippen molar-refractivity contribution in [3.63, 3.8) is 0 Å². The topological polar surface area (TPSA) is 99.8 Å². The molecule has 0 fully saturated rings. The SMILES string of the molecule is CC(c1cccc(-c2cc(CO)c(CO)c(CO)c2)c1)c1cc2ccccc2n1-c1ccccc1.O=S=O. The summed E-state index contributed by atoms with van der Waals surface area (Å²) in [6.45, 7) is 1.63. The lowest BCUT2D eigenvalue weighted by Crippen LogP contribution is -2.05. The first-order valence-electron chi connectivity index (χ1n) is 12.2. The Labute approximate surface area is 225 Å². The molecule has 0 saturated heterocycles. The number of aromatic nitrogens is 1. The van der Waals surface area contributed by atoms with E-state index in [4.69, 9.17) is 8.42 Å². The molecule has 3 N–H and O–H groups in total. The number of aliphatic hydroxyl groups excluding tert-OH is 3. The van der Waals surface area contributed by atoms with Crippen molar-refractivity contribution in [2.75, 3.05) is 0 Å². The third-order valence-electron chi connectivity index (χ3n) is 6.85. The summed E-state index contributed by atoms with van der Waals surface area (Å²) in [5.74, 6) is 0.119. The minimum Gasteiger partial charge on any atom is -0.392 e. The van der Waals surface area contributed by atoms with Gasteiger partial charge in [-0.25, -0.2) is 0 Å². The van der Waals surface area contributed by atoms with Crippen molar-refractivity contribution in [2.45, 2.75) is 32.7 Å². The van der Waals surface area contributed by atoms with E-state index in [-0.39, 0.29) is 25.7 Å². The Hall–Kier alpha value is -3.88. The molecule has 0 amide bonds. The minimum atomic E-state index is -0.750. The Bertz CT molecular complexity index is 1550. The van der Waals surface area contributed by atoms with Gasteiger partial charge in [-0.1, -0.05) is 67.6 Å². The van der Waals surface area contributed by atoms with Crippen molar-refractivity contribution < 1.29 is 23.7 Å². The molecule has 0 radical (unpaired) electrons. The first kappa shape index (κ1) is 27.2. The maximum absolute atomic E-state index is 9.84. The monoisotopic (exact) mass is 527 g/mol. The lowest BCUT2D eigenvalue weighted by atomic mass is 9.91. The first-order chi connectivity index (χ1) is 18.6. The highest BCUT2D eigenvalue weighted by Crippen LogP contribution is 2.35. The molecule has 1 aromatic heterocycles. The molecule has 0 aliphatic carbocycles. The van der Waals surface area contributed by atoms with Gasteiger partial charge in [0.25, 0.3) is 0 Å². The molecule has 0 saturated carbocycles. The Morgan fingerprint density at radius 2 is 1.34 bits per heavy atom. The number of hydrogen-bond acceptors (Lipinski definition) is 5. The summed E-state index contributed by atoms with van der Waals surface area (Å²) >= 11 is -0.750. The normalized spacial score (nSPS) is 11.6. The highest BCUT2D eigenvalue weighted by atomic mass is 32.1. The van der Waals surface area contributed by atoms with Gasteiger partial charge in [0, 0.05) is 22.7 Å². The van der Waals surface area contributed by atoms with Crippen LogP contribution >= 0.6 is 0 Å². The molecule has 6 nitrogen and oxygen atoms in total. The minimum absolute atomic E-state index is 0.119. The zero-order chi connectivity index (χ0) is 27.1. The Morgan fingerprint density at radius 3 is 1.97 bits per heavy atom. The van der Waals surface area contributed by atoms with Crippen LogP contribution in [0.5, 0.6) is 0 Å². The van der Waals surface area contributed by atoms with Crippen LogP contribution in [-0.2, 0) is 31.4 Å². The fourth-order valence-electron chi connectivity index (χ4n) is 4.97. The quantitative estimate of drug-likeness (QED) is 0.268. The summed E-state index contributed by atoms with van der Waals surface area (Å²) in [4.78, 5) is 0. The first-order valence-corrected chi connectivity index (χ1v) is 12.9. The fourth-order valence-corrected chi connectivity index (χ4v) is 4.97. The van der Waals surface area contributed by atoms with Gasteiger partial charge in [-0.2, -0.15) is 8.42 Å². The molecule has 7 heteroatoms. The number of fused-ring (bicyclic) bond motifs is 1. The van der Waals surface area contributed by atoms with E-state index in [2.05, 4.69) is 78.2 Å². The third kappa shape index (κ3) is 5.51. The summed E-state index contributed by atoms with van der Waals surface area (Å²) in [6.07, 6.45) is 0. The molecule has 1 unspecified atom stereocenters. The zero-order valence-corrected chi connectivity index (χ0v) is 21.8. The van der Waals surface area contributed by atoms with Gasteiger partial charge in [0.15, 0.2) is 0 Å². The van der Waals surface area contributed by atoms with E-state index < -0.39 is 11.6 Å². The van der Waals surface area contributed by atoms with E-state index in [9.17, 15) is 15.3 Å². The van der Waals surface area contributed by atoms with Crippen molar-refractivity contribution in [1.82, 2.24) is 4.57 Å². The van der Waals surface area contributed by atoms with Crippen LogP contribution in [0, 0.1) is 0 Å². The largest absolute Gasteiger partial charge is 0.392 e. The maximum atomic E-state index is 9.84. The average Bonchev–Trinajstić information content (AvgIpc) is 3.36. The van der Waals surface area contributed by atoms with E-state index >= 15 is 0 Å². The van der Waals surface area contributed by atoms with Gasteiger partial charge >= 0.3 is 11.6 Å². The molecule has 1 atom stereocenters. The molecule has 0 aliphatic rings. The summed E-state index contributed by atoms with van der Waals surface area (Å²) in [5.41, 5.74) is 8.47. The number of benzene rings is 4. The molecule has 4 aromatic carbocycles. The highest BCUT2D eigenvalue weighted by Gasteiger charge is 2.18. The second-order valence-corrected chi connectivity index (χ2v) is 9.10. The number of nitrogens with zero attached hydrogens (tertiary/aromatic N) is 1. The van der Waals surface area contributed by atoms with E-state index in [1.165, 1.54) is 22.2 Å². The second-order valence-electron chi connectivity index (χ2n) is 8.96. The smallest absolute Gasteiger partial charge is 0.335 e. The van der Waals surface area contributed by atoms with Crippen molar-refractivity contribution in [1.29, 1.82) is 0 Å². The van der Waals surface area contributed by atoms with E-state index in [0.29, 0.717) is 16.7 Å². The van der Waals surface area contributed by atoms with Crippen LogP contribution in [0.25, 0.3) is 27.7 Å². The van der Waals surface area contributed by atoms with Crippen LogP contribution < -0.4 is 0 Å². The molecule has 0 spiro atoms. The van der Waals surface area contributed by atoms with Gasteiger partial charge in [-0.3, -0.25) is 0 Å². The molecular weight excluding hydrogens is 498 g/mol. The molecule has 194 valence electrons. The Balaban J connectivity index is 0.00000107. The van der Waals surface area contributed by atoms with Crippen LogP contribution in [-0.4, -0.2) is 28.3 Å². The Kier molecular flexibility index (Phi) is 8.99. The predicted octanol–water partition coefficient (Wildman–Crippen LogP) is 5.26. The highest BCUT2D eigenvalue weighted by molar-refractivity contribution is 7.51. The maximum Gasteiger partial charge on any atom is 0.335 e. The average molecular weight is 528 g/mol. The van der Waals surface area contributed by atoms with Gasteiger partial charge in [-0.05, 0) is 69.8 Å². The van der Waals surface area contributed by atoms with Gasteiger partial charge < -0.3 is 19.9 Å². The van der Waals surface area contributed by atoms with Crippen molar-refractivity contribution in [3.8, 4) is 16.8 Å². The summed E-state index contributed by atoms with van der Waals surface area (Å²) in [7, 11) is 0. The van der Waals surface area contributed by atoms with Crippen LogP contribution in [0.4, 0.5) is 0 Å². The molecular formula is C31H29NO5S. The molecule has 0 bridgehead atoms. The molecule has 5 aromatic rings. The fraction of sp³-hybridized carbons (Fsp3) is 0.161. The molecule has 5 rings (SSSR count). The molecule has 0 aliphatic heterocycles. The van der Waals surface area contributed by atoms with E-state index in [0.717, 1.165) is 16.8 Å². The van der Waals surface area contributed by atoms with Gasteiger partial charge in [0.05, 0.1) is 25.3 Å². The van der Waals surface area contributed by atoms with Gasteiger partial charge in [0.1, 0.15) is 0 Å². The van der Waals surface area contributed by atoms with Crippen LogP contribution in [0.1, 0.15) is 40.8 Å². The van der Waals surface area contributed by atoms with E-state index in [1.807, 2.05) is 30.3 Å². The summed E-state index contributed by atoms with van der Waals surface area (Å²) in [5, 5.41) is 30.6. The Morgan fingerprint density at radius 1 is 0.711 bits per heavy atom. The summed E-state index contributed by atoms with van der Waals surface area (Å²) < 4.78 is 18.9. The van der Waals surface area contributed by atoms with Gasteiger partial charge in [0.2, 0.25) is 0 Å². The number of aliphatic hydroxyl groups is 3. The summed E-state index contributed by atoms with van der Waals surface area (Å²) in [6, 6.07) is 33.3. The predicted molar refractivity (Wildman–Crippen MR) is 149 cm³/mol. The second kappa shape index (κ2) is 12.6. The van der Waals surface area contributed by atoms with E-state index in [1.54, 1.807) is 0 Å². The van der Waals surface area contributed by atoms with Crippen LogP contribution in [0.15, 0.2) is 97.1 Å².